The molecule has 0 aliphatic heterocycles. The highest BCUT2D eigenvalue weighted by Gasteiger charge is 2.40. The molecule has 68 heavy (non-hydrogen) atoms. The molecule has 13 heteroatoms. The van der Waals surface area contributed by atoms with Gasteiger partial charge in [0.25, 0.3) is 5.91 Å². The number of unbranched alkanes of at least 4 members (excludes halogenated alkanes) is 16. The number of hydrogen-bond donors (Lipinski definition) is 1. The van der Waals surface area contributed by atoms with Crippen molar-refractivity contribution in [3.05, 3.63) is 0 Å². The summed E-state index contributed by atoms with van der Waals surface area (Å²) >= 11 is 0. The number of nitrogens with one attached hydrogen (secondary N) is 1. The summed E-state index contributed by atoms with van der Waals surface area (Å²) in [6.45, 7) is 13.4. The van der Waals surface area contributed by atoms with Gasteiger partial charge in [0.1, 0.15) is 13.2 Å². The molecule has 13 nitrogen and oxygen atoms in total. The van der Waals surface area contributed by atoms with Crippen molar-refractivity contribution in [1.82, 2.24) is 10.2 Å². The number of carbonyl (C=O) groups is 6. The molecule has 0 saturated heterocycles. The van der Waals surface area contributed by atoms with Crippen molar-refractivity contribution in [3.63, 3.8) is 0 Å². The van der Waals surface area contributed by atoms with Crippen molar-refractivity contribution in [3.8, 4) is 0 Å². The van der Waals surface area contributed by atoms with E-state index in [0.29, 0.717) is 31.6 Å². The van der Waals surface area contributed by atoms with Gasteiger partial charge in [0.15, 0.2) is 6.10 Å². The van der Waals surface area contributed by atoms with E-state index in [2.05, 4.69) is 33.0 Å². The van der Waals surface area contributed by atoms with Gasteiger partial charge in [0.05, 0.1) is 19.6 Å². The van der Waals surface area contributed by atoms with Crippen LogP contribution in [0.1, 0.15) is 241 Å². The minimum absolute atomic E-state index is 0.0231. The fraction of sp³-hybridized carbons (Fsp3) is 0.891. The molecular formula is C55H102N2O11. The van der Waals surface area contributed by atoms with Crippen molar-refractivity contribution in [2.24, 2.45) is 17.3 Å². The number of nitrogens with zero attached hydrogens (tertiary/aromatic N) is 1. The van der Waals surface area contributed by atoms with Gasteiger partial charge in [-0.25, -0.2) is 0 Å². The Morgan fingerprint density at radius 1 is 0.456 bits per heavy atom. The summed E-state index contributed by atoms with van der Waals surface area (Å²) in [5, 5.41) is 2.67. The molecule has 0 saturated carbocycles. The molecule has 0 aliphatic carbocycles. The lowest BCUT2D eigenvalue weighted by atomic mass is 9.86. The molecule has 0 bridgehead atoms. The first-order valence-corrected chi connectivity index (χ1v) is 27.4. The lowest BCUT2D eigenvalue weighted by Crippen LogP contribution is -2.49. The molecule has 0 fully saturated rings. The zero-order chi connectivity index (χ0) is 50.7. The molecule has 2 unspecified atom stereocenters. The van der Waals surface area contributed by atoms with Crippen molar-refractivity contribution in [2.45, 2.75) is 247 Å². The third kappa shape index (κ3) is 38.6. The fourth-order valence-electron chi connectivity index (χ4n) is 8.06. The van der Waals surface area contributed by atoms with Crippen LogP contribution in [0.2, 0.25) is 0 Å². The Labute approximate surface area is 414 Å². The second-order valence-electron chi connectivity index (χ2n) is 20.2. The highest BCUT2D eigenvalue weighted by atomic mass is 16.6. The number of carbonyl (C=O) groups excluding carboxylic acids is 6. The second-order valence-corrected chi connectivity index (χ2v) is 20.2. The Hall–Kier alpha value is -3.22. The standard InChI is InChI=1S/C55H102N2O11/c1-9-13-17-21-23-27-33-46(31-25-19-15-11-3)43-65-48(58)35-29-37-50(60)67-45-55(5,6)53(54(63)56-40-39-51(61)64-42-41-57(7)8)68-52(62)38-30-36-49(59)66-44-47(32-26-20-16-12-4)34-28-24-22-18-14-10-2/h46-47,53H,9-45H2,1-8H3,(H,56,63)/t46?,47?,53-/m0/s1. The Kier molecular flexibility index (Phi) is 41.7. The van der Waals surface area contributed by atoms with Crippen molar-refractivity contribution < 1.29 is 52.5 Å². The number of ether oxygens (including phenoxy) is 5. The maximum absolute atomic E-state index is 13.6. The summed E-state index contributed by atoms with van der Waals surface area (Å²) in [7, 11) is 3.73. The van der Waals surface area contributed by atoms with E-state index < -0.39 is 35.3 Å². The van der Waals surface area contributed by atoms with Crippen LogP contribution in [0.3, 0.4) is 0 Å². The minimum atomic E-state index is -1.38. The largest absolute Gasteiger partial charge is 0.465 e. The maximum atomic E-state index is 13.6. The molecule has 0 aromatic rings. The first-order chi connectivity index (χ1) is 32.7. The fourth-order valence-corrected chi connectivity index (χ4v) is 8.06. The topological polar surface area (TPSA) is 164 Å². The number of likely N-dealkylation sites (N-methyl/N-ethyl adjacent to an activating group) is 1. The van der Waals surface area contributed by atoms with Gasteiger partial charge in [-0.15, -0.1) is 0 Å². The van der Waals surface area contributed by atoms with Gasteiger partial charge in [-0.05, 0) is 64.5 Å². The van der Waals surface area contributed by atoms with Gasteiger partial charge >= 0.3 is 29.8 Å². The van der Waals surface area contributed by atoms with Crippen LogP contribution in [0.5, 0.6) is 0 Å². The molecule has 1 N–H and O–H groups in total. The Bertz CT molecular complexity index is 1310. The highest BCUT2D eigenvalue weighted by Crippen LogP contribution is 2.26. The monoisotopic (exact) mass is 967 g/mol. The first kappa shape index (κ1) is 64.8. The molecule has 0 radical (unpaired) electrons. The summed E-state index contributed by atoms with van der Waals surface area (Å²) in [4.78, 5) is 79.4. The third-order valence-electron chi connectivity index (χ3n) is 12.6. The van der Waals surface area contributed by atoms with Gasteiger partial charge in [-0.1, -0.05) is 170 Å². The van der Waals surface area contributed by atoms with E-state index in [9.17, 15) is 28.8 Å². The van der Waals surface area contributed by atoms with Crippen molar-refractivity contribution in [2.75, 3.05) is 53.6 Å². The highest BCUT2D eigenvalue weighted by molar-refractivity contribution is 5.85. The van der Waals surface area contributed by atoms with E-state index >= 15 is 0 Å². The molecule has 1 amide bonds. The zero-order valence-electron chi connectivity index (χ0n) is 44.8. The average molecular weight is 967 g/mol. The molecular weight excluding hydrogens is 865 g/mol. The normalized spacial score (nSPS) is 12.8. The van der Waals surface area contributed by atoms with E-state index in [4.69, 9.17) is 23.7 Å². The van der Waals surface area contributed by atoms with E-state index in [-0.39, 0.29) is 76.6 Å². The summed E-state index contributed by atoms with van der Waals surface area (Å²) < 4.78 is 28.0. The lowest BCUT2D eigenvalue weighted by Gasteiger charge is -2.32. The van der Waals surface area contributed by atoms with Gasteiger partial charge in [0.2, 0.25) is 0 Å². The lowest BCUT2D eigenvalue weighted by molar-refractivity contribution is -0.169. The van der Waals surface area contributed by atoms with Gasteiger partial charge in [-0.2, -0.15) is 0 Å². The smallest absolute Gasteiger partial charge is 0.307 e. The van der Waals surface area contributed by atoms with Crippen LogP contribution in [0.25, 0.3) is 0 Å². The predicted molar refractivity (Wildman–Crippen MR) is 272 cm³/mol. The maximum Gasteiger partial charge on any atom is 0.307 e. The van der Waals surface area contributed by atoms with Crippen LogP contribution >= 0.6 is 0 Å². The minimum Gasteiger partial charge on any atom is -0.465 e. The predicted octanol–water partition coefficient (Wildman–Crippen LogP) is 12.2. The molecule has 0 heterocycles. The Balaban J connectivity index is 5.30. The number of rotatable bonds is 47. The van der Waals surface area contributed by atoms with Crippen LogP contribution in [0.4, 0.5) is 0 Å². The van der Waals surface area contributed by atoms with E-state index in [1.165, 1.54) is 103 Å². The first-order valence-electron chi connectivity index (χ1n) is 27.4. The van der Waals surface area contributed by atoms with Crippen molar-refractivity contribution in [1.29, 1.82) is 0 Å². The quantitative estimate of drug-likeness (QED) is 0.0349. The molecule has 0 aromatic carbocycles. The number of esters is 5. The van der Waals surface area contributed by atoms with Crippen LogP contribution in [0.15, 0.2) is 0 Å². The van der Waals surface area contributed by atoms with E-state index in [0.717, 1.165) is 51.4 Å². The molecule has 0 spiro atoms. The van der Waals surface area contributed by atoms with Gasteiger partial charge in [-0.3, -0.25) is 28.8 Å². The molecule has 0 aliphatic rings. The number of amides is 1. The molecule has 3 atom stereocenters. The molecule has 398 valence electrons. The summed E-state index contributed by atoms with van der Waals surface area (Å²) in [6.07, 6.45) is 27.2. The zero-order valence-corrected chi connectivity index (χ0v) is 44.8. The molecule has 0 aromatic heterocycles. The third-order valence-corrected chi connectivity index (χ3v) is 12.6. The average Bonchev–Trinajstić information content (AvgIpc) is 3.30. The van der Waals surface area contributed by atoms with E-state index in [1.54, 1.807) is 13.8 Å². The number of hydrogen-bond acceptors (Lipinski definition) is 12. The van der Waals surface area contributed by atoms with E-state index in [1.807, 2.05) is 19.0 Å². The Morgan fingerprint density at radius 2 is 0.824 bits per heavy atom. The second kappa shape index (κ2) is 43.8. The van der Waals surface area contributed by atoms with Crippen molar-refractivity contribution >= 4 is 35.8 Å². The van der Waals surface area contributed by atoms with Gasteiger partial charge < -0.3 is 33.9 Å². The van der Waals surface area contributed by atoms with Crippen LogP contribution in [0, 0.1) is 17.3 Å². The summed E-state index contributed by atoms with van der Waals surface area (Å²) in [5.74, 6) is -2.40. The SMILES string of the molecule is CCCCCCCCC(CCCCCC)COC(=O)CCCC(=O)OCC(C)(C)[C@@H](OC(=O)CCCC(=O)OCC(CCCCCC)CCCCCCCC)C(=O)NCCC(=O)OCCN(C)C. The van der Waals surface area contributed by atoms with Crippen LogP contribution in [-0.4, -0.2) is 100 Å². The Morgan fingerprint density at radius 3 is 1.25 bits per heavy atom. The molecule has 0 rings (SSSR count). The summed E-state index contributed by atoms with van der Waals surface area (Å²) in [5.41, 5.74) is -1.18. The van der Waals surface area contributed by atoms with Crippen LogP contribution in [-0.2, 0) is 52.5 Å². The van der Waals surface area contributed by atoms with Gasteiger partial charge in [0, 0.05) is 44.2 Å². The van der Waals surface area contributed by atoms with Crippen LogP contribution < -0.4 is 5.32 Å². The summed E-state index contributed by atoms with van der Waals surface area (Å²) in [6, 6.07) is 0.